The summed E-state index contributed by atoms with van der Waals surface area (Å²) in [5, 5.41) is 13.1. The second-order valence-corrected chi connectivity index (χ2v) is 9.84. The first-order chi connectivity index (χ1) is 15.0. The third-order valence-electron chi connectivity index (χ3n) is 4.96. The quantitative estimate of drug-likeness (QED) is 0.612. The Morgan fingerprint density at radius 1 is 1.06 bits per heavy atom. The average Bonchev–Trinajstić information content (AvgIpc) is 3.28. The number of amides is 1. The number of aromatic nitrogens is 3. The molecule has 1 aliphatic rings. The monoisotopic (exact) mass is 455 g/mol. The molecule has 1 N–H and O–H groups in total. The number of hydrogen-bond donors (Lipinski definition) is 1. The molecular formula is C21H21N5O3S2. The van der Waals surface area contributed by atoms with Crippen molar-refractivity contribution >= 4 is 38.5 Å². The summed E-state index contributed by atoms with van der Waals surface area (Å²) in [6, 6.07) is 14.8. The van der Waals surface area contributed by atoms with Crippen LogP contribution in [0.4, 0.5) is 5.13 Å². The lowest BCUT2D eigenvalue weighted by Crippen LogP contribution is -2.40. The highest BCUT2D eigenvalue weighted by Gasteiger charge is 2.30. The average molecular weight is 456 g/mol. The fourth-order valence-electron chi connectivity index (χ4n) is 3.26. The molecule has 1 amide bonds. The Kier molecular flexibility index (Phi) is 6.50. The molecule has 3 aromatic rings. The molecule has 0 spiro atoms. The first-order valence-electron chi connectivity index (χ1n) is 9.80. The summed E-state index contributed by atoms with van der Waals surface area (Å²) in [4.78, 5) is 16.8. The van der Waals surface area contributed by atoms with Crippen molar-refractivity contribution < 1.29 is 13.2 Å². The number of benzene rings is 1. The van der Waals surface area contributed by atoms with Crippen LogP contribution in [0.15, 0.2) is 60.1 Å². The summed E-state index contributed by atoms with van der Waals surface area (Å²) in [6.45, 7) is 0.601. The zero-order valence-electron chi connectivity index (χ0n) is 16.6. The summed E-state index contributed by atoms with van der Waals surface area (Å²) in [5.41, 5.74) is 1.52. The molecule has 8 nitrogen and oxygen atoms in total. The van der Waals surface area contributed by atoms with Crippen LogP contribution in [0.2, 0.25) is 0 Å². The normalized spacial score (nSPS) is 15.9. The molecule has 0 atom stereocenters. The van der Waals surface area contributed by atoms with Gasteiger partial charge in [-0.25, -0.2) is 8.42 Å². The molecular weight excluding hydrogens is 434 g/mol. The first-order valence-corrected chi connectivity index (χ1v) is 12.1. The second kappa shape index (κ2) is 9.46. The minimum atomic E-state index is -3.52. The predicted octanol–water partition coefficient (Wildman–Crippen LogP) is 3.25. The van der Waals surface area contributed by atoms with Gasteiger partial charge in [-0.05, 0) is 36.6 Å². The van der Waals surface area contributed by atoms with E-state index in [0.717, 1.165) is 5.56 Å². The van der Waals surface area contributed by atoms with E-state index in [-0.39, 0.29) is 11.8 Å². The van der Waals surface area contributed by atoms with Crippen LogP contribution in [0.1, 0.15) is 18.4 Å². The van der Waals surface area contributed by atoms with Gasteiger partial charge in [-0.15, -0.1) is 10.2 Å². The van der Waals surface area contributed by atoms with Crippen molar-refractivity contribution in [3.63, 3.8) is 0 Å². The maximum Gasteiger partial charge on any atom is 0.236 e. The van der Waals surface area contributed by atoms with E-state index in [1.54, 1.807) is 12.3 Å². The summed E-state index contributed by atoms with van der Waals surface area (Å²) >= 11 is 1.26. The maximum atomic E-state index is 12.6. The fraction of sp³-hybridized carbons (Fsp3) is 0.238. The van der Waals surface area contributed by atoms with Gasteiger partial charge in [0.1, 0.15) is 5.69 Å². The number of carbonyl (C=O) groups is 1. The van der Waals surface area contributed by atoms with E-state index < -0.39 is 10.0 Å². The van der Waals surface area contributed by atoms with Crippen LogP contribution in [-0.4, -0.2) is 46.9 Å². The molecule has 1 fully saturated rings. The molecule has 0 saturated carbocycles. The number of carbonyl (C=O) groups excluding carboxylic acids is 1. The summed E-state index contributed by atoms with van der Waals surface area (Å²) in [6.07, 6.45) is 4.17. The number of anilines is 1. The zero-order chi connectivity index (χ0) is 21.7. The van der Waals surface area contributed by atoms with Crippen molar-refractivity contribution in [2.24, 2.45) is 5.92 Å². The number of rotatable bonds is 6. The van der Waals surface area contributed by atoms with Crippen molar-refractivity contribution in [2.75, 3.05) is 18.4 Å². The Morgan fingerprint density at radius 2 is 1.81 bits per heavy atom. The first kappa shape index (κ1) is 21.3. The number of pyridine rings is 1. The molecule has 160 valence electrons. The Morgan fingerprint density at radius 3 is 2.52 bits per heavy atom. The minimum Gasteiger partial charge on any atom is -0.300 e. The molecule has 0 aliphatic carbocycles. The van der Waals surface area contributed by atoms with E-state index in [2.05, 4.69) is 20.5 Å². The number of hydrogen-bond acceptors (Lipinski definition) is 7. The molecule has 3 heterocycles. The van der Waals surface area contributed by atoms with E-state index >= 15 is 0 Å². The van der Waals surface area contributed by atoms with Gasteiger partial charge in [0.25, 0.3) is 0 Å². The van der Waals surface area contributed by atoms with Gasteiger partial charge >= 0.3 is 0 Å². The van der Waals surface area contributed by atoms with Crippen LogP contribution in [0.5, 0.6) is 0 Å². The van der Waals surface area contributed by atoms with Crippen LogP contribution < -0.4 is 5.32 Å². The minimum absolute atomic E-state index is 0.166. The van der Waals surface area contributed by atoms with E-state index in [0.29, 0.717) is 41.8 Å². The largest absolute Gasteiger partial charge is 0.300 e. The smallest absolute Gasteiger partial charge is 0.236 e. The molecule has 0 radical (unpaired) electrons. The Hall–Kier alpha value is -2.95. The lowest BCUT2D eigenvalue weighted by Gasteiger charge is -2.29. The number of sulfonamides is 1. The fourth-order valence-corrected chi connectivity index (χ4v) is 5.21. The number of nitrogens with one attached hydrogen (secondary N) is 1. The standard InChI is InChI=1S/C21H21N5O3S2/c27-19(23-21-25-24-20(30-21)18-8-4-5-12-22-18)17-9-13-26(14-10-17)31(28,29)15-11-16-6-2-1-3-7-16/h1-8,11-12,15,17H,9-10,13-14H2,(H,23,25,27)/b15-11+. The van der Waals surface area contributed by atoms with Crippen LogP contribution >= 0.6 is 11.3 Å². The van der Waals surface area contributed by atoms with Gasteiger partial charge in [-0.2, -0.15) is 4.31 Å². The van der Waals surface area contributed by atoms with Gasteiger partial charge in [-0.1, -0.05) is 47.7 Å². The van der Waals surface area contributed by atoms with Crippen LogP contribution in [0.3, 0.4) is 0 Å². The third-order valence-corrected chi connectivity index (χ3v) is 7.38. The van der Waals surface area contributed by atoms with Gasteiger partial charge in [0.15, 0.2) is 5.01 Å². The highest BCUT2D eigenvalue weighted by Crippen LogP contribution is 2.26. The summed E-state index contributed by atoms with van der Waals surface area (Å²) < 4.78 is 26.6. The SMILES string of the molecule is O=C(Nc1nnc(-c2ccccn2)s1)C1CCN(S(=O)(=O)/C=C/c2ccccc2)CC1. The lowest BCUT2D eigenvalue weighted by molar-refractivity contribution is -0.120. The van der Waals surface area contributed by atoms with Crippen molar-refractivity contribution in [3.05, 3.63) is 65.7 Å². The Balaban J connectivity index is 1.32. The third kappa shape index (κ3) is 5.40. The van der Waals surface area contributed by atoms with Crippen LogP contribution in [0, 0.1) is 5.92 Å². The van der Waals surface area contributed by atoms with Crippen LogP contribution in [-0.2, 0) is 14.8 Å². The van der Waals surface area contributed by atoms with E-state index in [9.17, 15) is 13.2 Å². The molecule has 0 bridgehead atoms. The molecule has 0 unspecified atom stereocenters. The predicted molar refractivity (Wildman–Crippen MR) is 120 cm³/mol. The van der Waals surface area contributed by atoms with Gasteiger partial charge < -0.3 is 5.32 Å². The van der Waals surface area contributed by atoms with E-state index in [1.807, 2.05) is 48.5 Å². The topological polar surface area (TPSA) is 105 Å². The second-order valence-electron chi connectivity index (χ2n) is 7.05. The lowest BCUT2D eigenvalue weighted by atomic mass is 9.97. The molecule has 1 saturated heterocycles. The molecule has 1 aromatic carbocycles. The van der Waals surface area contributed by atoms with Gasteiger partial charge in [0.05, 0.1) is 0 Å². The Labute approximate surface area is 184 Å². The van der Waals surface area contributed by atoms with Crippen molar-refractivity contribution in [1.82, 2.24) is 19.5 Å². The summed E-state index contributed by atoms with van der Waals surface area (Å²) in [7, 11) is -3.52. The number of piperidine rings is 1. The van der Waals surface area contributed by atoms with Gasteiger partial charge in [-0.3, -0.25) is 9.78 Å². The molecule has 31 heavy (non-hydrogen) atoms. The molecule has 2 aromatic heterocycles. The van der Waals surface area contributed by atoms with Crippen LogP contribution in [0.25, 0.3) is 16.8 Å². The van der Waals surface area contributed by atoms with Gasteiger partial charge in [0.2, 0.25) is 21.1 Å². The number of nitrogens with zero attached hydrogens (tertiary/aromatic N) is 4. The molecule has 1 aliphatic heterocycles. The maximum absolute atomic E-state index is 12.6. The zero-order valence-corrected chi connectivity index (χ0v) is 18.2. The van der Waals surface area contributed by atoms with Gasteiger partial charge in [0, 0.05) is 30.6 Å². The van der Waals surface area contributed by atoms with E-state index in [4.69, 9.17) is 0 Å². The highest BCUT2D eigenvalue weighted by atomic mass is 32.2. The van der Waals surface area contributed by atoms with Crippen molar-refractivity contribution in [3.8, 4) is 10.7 Å². The van der Waals surface area contributed by atoms with Crippen molar-refractivity contribution in [1.29, 1.82) is 0 Å². The van der Waals surface area contributed by atoms with E-state index in [1.165, 1.54) is 21.1 Å². The molecule has 10 heteroatoms. The van der Waals surface area contributed by atoms with Crippen molar-refractivity contribution in [2.45, 2.75) is 12.8 Å². The highest BCUT2D eigenvalue weighted by molar-refractivity contribution is 7.92. The molecule has 4 rings (SSSR count). The Bertz CT molecular complexity index is 1160. The summed E-state index contributed by atoms with van der Waals surface area (Å²) in [5.74, 6) is -0.438.